The number of pyridine rings is 1. The van der Waals surface area contributed by atoms with Crippen LogP contribution in [-0.4, -0.2) is 29.8 Å². The average Bonchev–Trinajstić information content (AvgIpc) is 2.59. The van der Waals surface area contributed by atoms with Crippen molar-refractivity contribution in [3.63, 3.8) is 0 Å². The standard InChI is InChI=1S/C18H24N4S.HI/c1-3-19-18(22-14-16-6-4-5-11-20-16)21-12-13-23-17-9-7-15(2)8-10-17;/h4-11H,3,12-14H2,1-2H3,(H2,19,21,22);1H. The molecule has 0 spiro atoms. The van der Waals surface area contributed by atoms with E-state index in [1.165, 1.54) is 10.5 Å². The molecule has 130 valence electrons. The Kier molecular flexibility index (Phi) is 10.5. The van der Waals surface area contributed by atoms with Crippen LogP contribution in [0.3, 0.4) is 0 Å². The first kappa shape index (κ1) is 20.8. The number of halogens is 1. The highest BCUT2D eigenvalue weighted by Gasteiger charge is 1.99. The molecule has 0 amide bonds. The molecule has 0 fully saturated rings. The molecule has 2 rings (SSSR count). The van der Waals surface area contributed by atoms with Crippen LogP contribution in [0, 0.1) is 6.92 Å². The lowest BCUT2D eigenvalue weighted by Crippen LogP contribution is -2.38. The second kappa shape index (κ2) is 12.1. The van der Waals surface area contributed by atoms with Gasteiger partial charge in [0, 0.05) is 29.9 Å². The maximum absolute atomic E-state index is 4.56. The second-order valence-corrected chi connectivity index (χ2v) is 6.27. The molecule has 1 aromatic carbocycles. The van der Waals surface area contributed by atoms with E-state index >= 15 is 0 Å². The van der Waals surface area contributed by atoms with Gasteiger partial charge in [0.25, 0.3) is 0 Å². The zero-order valence-corrected chi connectivity index (χ0v) is 17.3. The molecule has 0 unspecified atom stereocenters. The van der Waals surface area contributed by atoms with Crippen molar-refractivity contribution in [2.75, 3.05) is 18.8 Å². The largest absolute Gasteiger partial charge is 0.357 e. The Labute approximate surface area is 166 Å². The molecule has 6 heteroatoms. The molecule has 0 atom stereocenters. The van der Waals surface area contributed by atoms with Gasteiger partial charge in [0.15, 0.2) is 5.96 Å². The van der Waals surface area contributed by atoms with Crippen LogP contribution >= 0.6 is 35.7 Å². The monoisotopic (exact) mass is 456 g/mol. The van der Waals surface area contributed by atoms with Crippen molar-refractivity contribution in [1.82, 2.24) is 15.6 Å². The highest BCUT2D eigenvalue weighted by atomic mass is 127. The van der Waals surface area contributed by atoms with Crippen LogP contribution in [0.25, 0.3) is 0 Å². The normalized spacial score (nSPS) is 10.8. The van der Waals surface area contributed by atoms with Gasteiger partial charge in [0.2, 0.25) is 0 Å². The molecular weight excluding hydrogens is 431 g/mol. The molecule has 0 aliphatic carbocycles. The van der Waals surface area contributed by atoms with Crippen LogP contribution in [-0.2, 0) is 6.54 Å². The lowest BCUT2D eigenvalue weighted by Gasteiger charge is -2.11. The minimum Gasteiger partial charge on any atom is -0.357 e. The van der Waals surface area contributed by atoms with Crippen molar-refractivity contribution in [2.45, 2.75) is 25.3 Å². The Morgan fingerprint density at radius 3 is 2.58 bits per heavy atom. The topological polar surface area (TPSA) is 49.3 Å². The van der Waals surface area contributed by atoms with Gasteiger partial charge in [-0.05, 0) is 38.1 Å². The first-order valence-corrected chi connectivity index (χ1v) is 8.88. The van der Waals surface area contributed by atoms with Gasteiger partial charge in [-0.15, -0.1) is 35.7 Å². The van der Waals surface area contributed by atoms with Gasteiger partial charge in [0.1, 0.15) is 0 Å². The van der Waals surface area contributed by atoms with E-state index in [0.29, 0.717) is 6.54 Å². The highest BCUT2D eigenvalue weighted by molar-refractivity contribution is 14.0. The fraction of sp³-hybridized carbons (Fsp3) is 0.333. The van der Waals surface area contributed by atoms with Crippen LogP contribution in [0.5, 0.6) is 0 Å². The van der Waals surface area contributed by atoms with E-state index in [-0.39, 0.29) is 24.0 Å². The molecule has 2 aromatic rings. The molecule has 4 nitrogen and oxygen atoms in total. The van der Waals surface area contributed by atoms with Gasteiger partial charge in [-0.3, -0.25) is 4.98 Å². The molecule has 0 bridgehead atoms. The number of nitrogens with zero attached hydrogens (tertiary/aromatic N) is 2. The Balaban J connectivity index is 0.00000288. The van der Waals surface area contributed by atoms with E-state index in [2.05, 4.69) is 58.7 Å². The van der Waals surface area contributed by atoms with Gasteiger partial charge < -0.3 is 10.6 Å². The van der Waals surface area contributed by atoms with Crippen molar-refractivity contribution in [3.05, 3.63) is 59.9 Å². The molecule has 1 heterocycles. The van der Waals surface area contributed by atoms with Crippen molar-refractivity contribution in [3.8, 4) is 0 Å². The number of thioether (sulfide) groups is 1. The zero-order valence-electron chi connectivity index (χ0n) is 14.2. The van der Waals surface area contributed by atoms with Crippen molar-refractivity contribution < 1.29 is 0 Å². The number of rotatable bonds is 7. The van der Waals surface area contributed by atoms with E-state index in [1.807, 2.05) is 30.0 Å². The molecular formula is C18H25IN4S. The number of guanidine groups is 1. The number of hydrogen-bond donors (Lipinski definition) is 2. The second-order valence-electron chi connectivity index (χ2n) is 5.10. The molecule has 0 saturated heterocycles. The van der Waals surface area contributed by atoms with E-state index in [1.54, 1.807) is 6.20 Å². The Morgan fingerprint density at radius 1 is 1.12 bits per heavy atom. The summed E-state index contributed by atoms with van der Waals surface area (Å²) in [5.41, 5.74) is 2.27. The lowest BCUT2D eigenvalue weighted by molar-refractivity contribution is 0.837. The van der Waals surface area contributed by atoms with Crippen LogP contribution in [0.1, 0.15) is 18.2 Å². The predicted octanol–water partition coefficient (Wildman–Crippen LogP) is 3.86. The van der Waals surface area contributed by atoms with Crippen molar-refractivity contribution >= 4 is 41.7 Å². The number of nitrogens with one attached hydrogen (secondary N) is 2. The summed E-state index contributed by atoms with van der Waals surface area (Å²) in [4.78, 5) is 10.1. The summed E-state index contributed by atoms with van der Waals surface area (Å²) in [7, 11) is 0. The van der Waals surface area contributed by atoms with Gasteiger partial charge >= 0.3 is 0 Å². The highest BCUT2D eigenvalue weighted by Crippen LogP contribution is 2.17. The maximum atomic E-state index is 4.56. The fourth-order valence-corrected chi connectivity index (χ4v) is 2.73. The quantitative estimate of drug-likeness (QED) is 0.219. The number of aromatic nitrogens is 1. The maximum Gasteiger partial charge on any atom is 0.191 e. The zero-order chi connectivity index (χ0) is 16.3. The van der Waals surface area contributed by atoms with Crippen molar-refractivity contribution in [2.24, 2.45) is 4.99 Å². The van der Waals surface area contributed by atoms with Crippen LogP contribution in [0.15, 0.2) is 58.5 Å². The summed E-state index contributed by atoms with van der Waals surface area (Å²) < 4.78 is 0. The number of hydrogen-bond acceptors (Lipinski definition) is 3. The van der Waals surface area contributed by atoms with E-state index in [0.717, 1.165) is 30.5 Å². The fourth-order valence-electron chi connectivity index (χ4n) is 1.97. The predicted molar refractivity (Wildman–Crippen MR) is 114 cm³/mol. The molecule has 0 aliphatic rings. The molecule has 0 saturated carbocycles. The van der Waals surface area contributed by atoms with Crippen LogP contribution in [0.4, 0.5) is 0 Å². The SMILES string of the molecule is CCNC(=NCc1ccccn1)NCCSc1ccc(C)cc1.I. The van der Waals surface area contributed by atoms with Gasteiger partial charge in [-0.1, -0.05) is 23.8 Å². The molecule has 24 heavy (non-hydrogen) atoms. The summed E-state index contributed by atoms with van der Waals surface area (Å²) in [5, 5.41) is 6.62. The lowest BCUT2D eigenvalue weighted by atomic mass is 10.2. The number of aryl methyl sites for hydroxylation is 1. The molecule has 0 radical (unpaired) electrons. The summed E-state index contributed by atoms with van der Waals surface area (Å²) in [6.07, 6.45) is 1.80. The van der Waals surface area contributed by atoms with Gasteiger partial charge in [-0.2, -0.15) is 0 Å². The third-order valence-corrected chi connectivity index (χ3v) is 4.17. The van der Waals surface area contributed by atoms with E-state index in [4.69, 9.17) is 0 Å². The number of benzene rings is 1. The van der Waals surface area contributed by atoms with E-state index in [9.17, 15) is 0 Å². The van der Waals surface area contributed by atoms with Gasteiger partial charge in [0.05, 0.1) is 12.2 Å². The third-order valence-electron chi connectivity index (χ3n) is 3.15. The summed E-state index contributed by atoms with van der Waals surface area (Å²) in [6, 6.07) is 14.5. The molecule has 0 aliphatic heterocycles. The summed E-state index contributed by atoms with van der Waals surface area (Å²) in [6.45, 7) is 6.48. The minimum atomic E-state index is 0. The average molecular weight is 456 g/mol. The Morgan fingerprint density at radius 2 is 1.92 bits per heavy atom. The summed E-state index contributed by atoms with van der Waals surface area (Å²) >= 11 is 1.85. The third kappa shape index (κ3) is 8.01. The van der Waals surface area contributed by atoms with Crippen LogP contribution in [0.2, 0.25) is 0 Å². The summed E-state index contributed by atoms with van der Waals surface area (Å²) in [5.74, 6) is 1.83. The first-order chi connectivity index (χ1) is 11.3. The van der Waals surface area contributed by atoms with Gasteiger partial charge in [-0.25, -0.2) is 4.99 Å². The smallest absolute Gasteiger partial charge is 0.191 e. The molecule has 1 aromatic heterocycles. The van der Waals surface area contributed by atoms with E-state index < -0.39 is 0 Å². The minimum absolute atomic E-state index is 0. The first-order valence-electron chi connectivity index (χ1n) is 7.89. The Hall–Kier alpha value is -1.28. The Bertz CT molecular complexity index is 602. The van der Waals surface area contributed by atoms with Crippen molar-refractivity contribution in [1.29, 1.82) is 0 Å². The van der Waals surface area contributed by atoms with Crippen LogP contribution < -0.4 is 10.6 Å². The number of aliphatic imine (C=N–C) groups is 1. The molecule has 2 N–H and O–H groups in total.